The van der Waals surface area contributed by atoms with E-state index in [1.54, 1.807) is 18.2 Å². The van der Waals surface area contributed by atoms with Crippen molar-refractivity contribution in [2.45, 2.75) is 19.8 Å². The van der Waals surface area contributed by atoms with E-state index in [1.807, 2.05) is 13.8 Å². The van der Waals surface area contributed by atoms with Crippen LogP contribution in [0.1, 0.15) is 41.7 Å². The lowest BCUT2D eigenvalue weighted by Crippen LogP contribution is -2.17. The van der Waals surface area contributed by atoms with Crippen molar-refractivity contribution < 1.29 is 9.21 Å². The molecule has 0 saturated carbocycles. The van der Waals surface area contributed by atoms with Crippen LogP contribution in [0.5, 0.6) is 0 Å². The Morgan fingerprint density at radius 3 is 3.06 bits per heavy atom. The van der Waals surface area contributed by atoms with Crippen LogP contribution in [0.25, 0.3) is 0 Å². The molecular formula is C12H14N4O2. The lowest BCUT2D eigenvalue weighted by Gasteiger charge is -1.96. The molecule has 18 heavy (non-hydrogen) atoms. The van der Waals surface area contributed by atoms with Gasteiger partial charge in [-0.05, 0) is 24.1 Å². The fourth-order valence-electron chi connectivity index (χ4n) is 1.33. The molecule has 0 aliphatic heterocycles. The average molecular weight is 246 g/mol. The molecule has 2 aromatic rings. The van der Waals surface area contributed by atoms with Crippen LogP contribution in [0, 0.1) is 0 Å². The Balaban J connectivity index is 1.95. The highest BCUT2D eigenvalue weighted by Crippen LogP contribution is 2.11. The summed E-state index contributed by atoms with van der Waals surface area (Å²) in [6.07, 6.45) is 2.96. The lowest BCUT2D eigenvalue weighted by molar-refractivity contribution is 0.0950. The van der Waals surface area contributed by atoms with E-state index in [1.165, 1.54) is 12.5 Å². The third-order valence-corrected chi connectivity index (χ3v) is 2.35. The maximum absolute atomic E-state index is 11.7. The average Bonchev–Trinajstić information content (AvgIpc) is 2.99. The second-order valence-electron chi connectivity index (χ2n) is 4.08. The van der Waals surface area contributed by atoms with Gasteiger partial charge in [-0.3, -0.25) is 9.89 Å². The first-order valence-corrected chi connectivity index (χ1v) is 5.59. The van der Waals surface area contributed by atoms with E-state index < -0.39 is 0 Å². The molecule has 2 N–H and O–H groups in total. The molecule has 0 radical (unpaired) electrons. The van der Waals surface area contributed by atoms with Gasteiger partial charge < -0.3 is 4.42 Å². The molecule has 2 heterocycles. The van der Waals surface area contributed by atoms with Crippen molar-refractivity contribution >= 4 is 12.1 Å². The SMILES string of the molecule is CC(C)c1cc(C(=O)N/N=C\c2ccco2)n[nH]1. The number of hydrogen-bond donors (Lipinski definition) is 2. The minimum atomic E-state index is -0.360. The Kier molecular flexibility index (Phi) is 3.57. The molecule has 0 unspecified atom stereocenters. The molecular weight excluding hydrogens is 232 g/mol. The number of carbonyl (C=O) groups excluding carboxylic acids is 1. The Hall–Kier alpha value is -2.37. The van der Waals surface area contributed by atoms with Crippen molar-refractivity contribution in [2.24, 2.45) is 5.10 Å². The summed E-state index contributed by atoms with van der Waals surface area (Å²) in [7, 11) is 0. The first-order chi connectivity index (χ1) is 8.66. The number of amides is 1. The Labute approximate surface area is 104 Å². The standard InChI is InChI=1S/C12H14N4O2/c1-8(2)10-6-11(15-14-10)12(17)16-13-7-9-4-3-5-18-9/h3-8H,1-2H3,(H,14,15)(H,16,17)/b13-7-. The van der Waals surface area contributed by atoms with Gasteiger partial charge in [-0.25, -0.2) is 5.43 Å². The highest BCUT2D eigenvalue weighted by Gasteiger charge is 2.11. The number of nitrogens with zero attached hydrogens (tertiary/aromatic N) is 2. The summed E-state index contributed by atoms with van der Waals surface area (Å²) in [6, 6.07) is 5.19. The normalized spacial score (nSPS) is 11.3. The summed E-state index contributed by atoms with van der Waals surface area (Å²) in [5.41, 5.74) is 3.60. The van der Waals surface area contributed by atoms with Gasteiger partial charge in [-0.2, -0.15) is 10.2 Å². The van der Waals surface area contributed by atoms with Gasteiger partial charge >= 0.3 is 0 Å². The maximum Gasteiger partial charge on any atom is 0.291 e. The van der Waals surface area contributed by atoms with E-state index in [2.05, 4.69) is 20.7 Å². The van der Waals surface area contributed by atoms with Gasteiger partial charge in [0.05, 0.1) is 12.5 Å². The van der Waals surface area contributed by atoms with E-state index in [9.17, 15) is 4.79 Å². The zero-order chi connectivity index (χ0) is 13.0. The zero-order valence-electron chi connectivity index (χ0n) is 10.2. The highest BCUT2D eigenvalue weighted by atomic mass is 16.3. The number of nitrogens with one attached hydrogen (secondary N) is 2. The second-order valence-corrected chi connectivity index (χ2v) is 4.08. The first kappa shape index (κ1) is 12.1. The van der Waals surface area contributed by atoms with E-state index in [4.69, 9.17) is 4.42 Å². The van der Waals surface area contributed by atoms with Crippen LogP contribution in [0.4, 0.5) is 0 Å². The Bertz CT molecular complexity index is 540. The fourth-order valence-corrected chi connectivity index (χ4v) is 1.33. The van der Waals surface area contributed by atoms with Gasteiger partial charge in [0, 0.05) is 5.69 Å². The smallest absolute Gasteiger partial charge is 0.291 e. The molecule has 0 aliphatic carbocycles. The second kappa shape index (κ2) is 5.31. The molecule has 2 aromatic heterocycles. The van der Waals surface area contributed by atoms with E-state index in [0.29, 0.717) is 17.4 Å². The maximum atomic E-state index is 11.7. The van der Waals surface area contributed by atoms with E-state index in [-0.39, 0.29) is 5.91 Å². The zero-order valence-corrected chi connectivity index (χ0v) is 10.2. The Morgan fingerprint density at radius 1 is 1.61 bits per heavy atom. The molecule has 1 amide bonds. The summed E-state index contributed by atoms with van der Waals surface area (Å²) in [5.74, 6) is 0.506. The van der Waals surface area contributed by atoms with Crippen LogP contribution in [0.3, 0.4) is 0 Å². The summed E-state index contributed by atoms with van der Waals surface area (Å²) in [4.78, 5) is 11.7. The van der Waals surface area contributed by atoms with Crippen molar-refractivity contribution in [3.05, 3.63) is 41.6 Å². The fraction of sp³-hybridized carbons (Fsp3) is 0.250. The number of H-pyrrole nitrogens is 1. The molecule has 2 rings (SSSR count). The summed E-state index contributed by atoms with van der Waals surface area (Å²) in [5, 5.41) is 10.5. The highest BCUT2D eigenvalue weighted by molar-refractivity contribution is 5.92. The largest absolute Gasteiger partial charge is 0.463 e. The predicted octanol–water partition coefficient (Wildman–Crippen LogP) is 1.89. The van der Waals surface area contributed by atoms with Crippen LogP contribution >= 0.6 is 0 Å². The van der Waals surface area contributed by atoms with E-state index in [0.717, 1.165) is 5.69 Å². The van der Waals surface area contributed by atoms with Crippen LogP contribution in [0.2, 0.25) is 0 Å². The number of aromatic amines is 1. The van der Waals surface area contributed by atoms with Gasteiger partial charge in [0.15, 0.2) is 5.69 Å². The topological polar surface area (TPSA) is 83.3 Å². The van der Waals surface area contributed by atoms with Crippen LogP contribution < -0.4 is 5.43 Å². The monoisotopic (exact) mass is 246 g/mol. The quantitative estimate of drug-likeness (QED) is 0.638. The third kappa shape index (κ3) is 2.85. The van der Waals surface area contributed by atoms with Crippen molar-refractivity contribution in [3.63, 3.8) is 0 Å². The molecule has 0 fully saturated rings. The summed E-state index contributed by atoms with van der Waals surface area (Å²) >= 11 is 0. The number of hydrazone groups is 1. The molecule has 6 heteroatoms. The summed E-state index contributed by atoms with van der Waals surface area (Å²) < 4.78 is 5.03. The molecule has 0 atom stereocenters. The minimum Gasteiger partial charge on any atom is -0.463 e. The van der Waals surface area contributed by atoms with Crippen LogP contribution in [-0.4, -0.2) is 22.3 Å². The minimum absolute atomic E-state index is 0.297. The van der Waals surface area contributed by atoms with Gasteiger partial charge in [0.25, 0.3) is 5.91 Å². The van der Waals surface area contributed by atoms with Crippen molar-refractivity contribution in [1.29, 1.82) is 0 Å². The number of hydrogen-bond acceptors (Lipinski definition) is 4. The molecule has 6 nitrogen and oxygen atoms in total. The number of furan rings is 1. The number of aromatic nitrogens is 2. The van der Waals surface area contributed by atoms with Gasteiger partial charge in [-0.1, -0.05) is 13.8 Å². The molecule has 0 saturated heterocycles. The van der Waals surface area contributed by atoms with Crippen LogP contribution in [-0.2, 0) is 0 Å². The van der Waals surface area contributed by atoms with Gasteiger partial charge in [0.1, 0.15) is 5.76 Å². The first-order valence-electron chi connectivity index (χ1n) is 5.59. The number of carbonyl (C=O) groups is 1. The summed E-state index contributed by atoms with van der Waals surface area (Å²) in [6.45, 7) is 4.04. The third-order valence-electron chi connectivity index (χ3n) is 2.35. The van der Waals surface area contributed by atoms with Crippen molar-refractivity contribution in [2.75, 3.05) is 0 Å². The Morgan fingerprint density at radius 2 is 2.44 bits per heavy atom. The molecule has 0 spiro atoms. The molecule has 0 aromatic carbocycles. The van der Waals surface area contributed by atoms with Crippen LogP contribution in [0.15, 0.2) is 34.0 Å². The molecule has 0 aliphatic rings. The predicted molar refractivity (Wildman–Crippen MR) is 66.4 cm³/mol. The van der Waals surface area contributed by atoms with Crippen molar-refractivity contribution in [3.8, 4) is 0 Å². The van der Waals surface area contributed by atoms with Gasteiger partial charge in [0.2, 0.25) is 0 Å². The van der Waals surface area contributed by atoms with Gasteiger partial charge in [-0.15, -0.1) is 0 Å². The number of rotatable bonds is 4. The lowest BCUT2D eigenvalue weighted by atomic mass is 10.1. The van der Waals surface area contributed by atoms with E-state index >= 15 is 0 Å². The van der Waals surface area contributed by atoms with Crippen molar-refractivity contribution in [1.82, 2.24) is 15.6 Å². The molecule has 0 bridgehead atoms. The molecule has 94 valence electrons.